The predicted octanol–water partition coefficient (Wildman–Crippen LogP) is 5.06. The summed E-state index contributed by atoms with van der Waals surface area (Å²) in [6.07, 6.45) is 1.15. The summed E-state index contributed by atoms with van der Waals surface area (Å²) in [5.41, 5.74) is 2.81. The van der Waals surface area contributed by atoms with E-state index in [1.54, 1.807) is 0 Å². The number of hydrogen-bond acceptors (Lipinski definition) is 1. The van der Waals surface area contributed by atoms with Crippen LogP contribution in [0.4, 0.5) is 0 Å². The monoisotopic (exact) mass is 341 g/mol. The number of halogens is 3. The highest BCUT2D eigenvalue weighted by atomic mass is 35.5. The molecule has 1 fully saturated rings. The molecule has 112 valence electrons. The molecule has 1 nitrogen and oxygen atoms in total. The summed E-state index contributed by atoms with van der Waals surface area (Å²) in [5.74, 6) is 0.549. The van der Waals surface area contributed by atoms with Crippen LogP contribution < -0.4 is 5.32 Å². The van der Waals surface area contributed by atoms with E-state index in [9.17, 15) is 0 Å². The van der Waals surface area contributed by atoms with Crippen LogP contribution in [-0.4, -0.2) is 13.6 Å². The number of nitrogens with one attached hydrogen (secondary N) is 1. The van der Waals surface area contributed by atoms with Gasteiger partial charge in [-0.2, -0.15) is 0 Å². The molecule has 0 saturated heterocycles. The average Bonchev–Trinajstić information content (AvgIpc) is 3.19. The highest BCUT2D eigenvalue weighted by Crippen LogP contribution is 2.60. The Bertz CT molecular complexity index is 615. The zero-order valence-corrected chi connectivity index (χ0v) is 14.1. The maximum Gasteiger partial charge on any atom is 0.0595 e. The van der Waals surface area contributed by atoms with Gasteiger partial charge in [0.15, 0.2) is 0 Å². The molecular formula is C17H18Cl3N. The molecule has 1 saturated carbocycles. The fourth-order valence-electron chi connectivity index (χ4n) is 3.17. The lowest BCUT2D eigenvalue weighted by molar-refractivity contribution is 0.605. The van der Waals surface area contributed by atoms with Gasteiger partial charge >= 0.3 is 0 Å². The highest BCUT2D eigenvalue weighted by molar-refractivity contribution is 6.42. The summed E-state index contributed by atoms with van der Waals surface area (Å²) in [6, 6.07) is 16.7. The lowest BCUT2D eigenvalue weighted by Gasteiger charge is -2.19. The first-order chi connectivity index (χ1) is 9.67. The van der Waals surface area contributed by atoms with Crippen LogP contribution in [-0.2, 0) is 5.41 Å². The normalized spacial score (nSPS) is 23.5. The molecule has 2 aromatic rings. The van der Waals surface area contributed by atoms with Crippen molar-refractivity contribution in [3.8, 4) is 0 Å². The van der Waals surface area contributed by atoms with E-state index in [2.05, 4.69) is 41.7 Å². The van der Waals surface area contributed by atoms with Crippen molar-refractivity contribution in [2.75, 3.05) is 13.6 Å². The van der Waals surface area contributed by atoms with E-state index in [4.69, 9.17) is 23.2 Å². The smallest absolute Gasteiger partial charge is 0.0595 e. The van der Waals surface area contributed by atoms with E-state index in [1.807, 2.05) is 19.2 Å². The third kappa shape index (κ3) is 3.07. The zero-order valence-electron chi connectivity index (χ0n) is 11.8. The van der Waals surface area contributed by atoms with Gasteiger partial charge in [0, 0.05) is 12.0 Å². The van der Waals surface area contributed by atoms with Crippen LogP contribution in [0.15, 0.2) is 48.5 Å². The summed E-state index contributed by atoms with van der Waals surface area (Å²) in [5, 5.41) is 4.58. The fourth-order valence-corrected chi connectivity index (χ4v) is 3.46. The Hall–Kier alpha value is -0.730. The zero-order chi connectivity index (χ0) is 14.2. The second kappa shape index (κ2) is 6.58. The Morgan fingerprint density at radius 2 is 1.81 bits per heavy atom. The van der Waals surface area contributed by atoms with E-state index in [1.165, 1.54) is 11.1 Å². The molecule has 0 bridgehead atoms. The molecule has 0 radical (unpaired) electrons. The van der Waals surface area contributed by atoms with Crippen LogP contribution in [0.1, 0.15) is 23.5 Å². The van der Waals surface area contributed by atoms with Gasteiger partial charge < -0.3 is 5.32 Å². The van der Waals surface area contributed by atoms with Crippen molar-refractivity contribution in [1.82, 2.24) is 5.32 Å². The van der Waals surface area contributed by atoms with E-state index in [0.717, 1.165) is 13.0 Å². The van der Waals surface area contributed by atoms with Crippen molar-refractivity contribution in [1.29, 1.82) is 0 Å². The van der Waals surface area contributed by atoms with Crippen molar-refractivity contribution in [2.24, 2.45) is 0 Å². The minimum Gasteiger partial charge on any atom is -0.319 e. The molecule has 0 aliphatic heterocycles. The number of rotatable bonds is 4. The molecule has 1 aliphatic rings. The fraction of sp³-hybridized carbons (Fsp3) is 0.294. The van der Waals surface area contributed by atoms with E-state index in [0.29, 0.717) is 16.0 Å². The molecule has 3 rings (SSSR count). The van der Waals surface area contributed by atoms with E-state index >= 15 is 0 Å². The van der Waals surface area contributed by atoms with Gasteiger partial charge in [-0.05, 0) is 42.6 Å². The summed E-state index contributed by atoms with van der Waals surface area (Å²) >= 11 is 12.2. The lowest BCUT2D eigenvalue weighted by atomic mass is 9.90. The average molecular weight is 343 g/mol. The van der Waals surface area contributed by atoms with Gasteiger partial charge in [0.2, 0.25) is 0 Å². The molecule has 2 aromatic carbocycles. The quantitative estimate of drug-likeness (QED) is 0.819. The summed E-state index contributed by atoms with van der Waals surface area (Å²) in [7, 11) is 2.00. The van der Waals surface area contributed by atoms with Gasteiger partial charge in [0.25, 0.3) is 0 Å². The molecule has 1 aliphatic carbocycles. The molecule has 0 aromatic heterocycles. The Labute approximate surface area is 142 Å². The molecule has 0 unspecified atom stereocenters. The van der Waals surface area contributed by atoms with Crippen molar-refractivity contribution >= 4 is 35.6 Å². The van der Waals surface area contributed by atoms with Gasteiger partial charge in [-0.1, -0.05) is 59.6 Å². The second-order valence-electron chi connectivity index (χ2n) is 5.48. The van der Waals surface area contributed by atoms with Crippen LogP contribution in [0.5, 0.6) is 0 Å². The van der Waals surface area contributed by atoms with Crippen LogP contribution in [0.25, 0.3) is 0 Å². The first-order valence-electron chi connectivity index (χ1n) is 6.82. The molecular weight excluding hydrogens is 325 g/mol. The standard InChI is InChI=1S/C17H17Cl2N.ClH/c1-20-11-17(13-7-8-15(18)16(19)9-13)10-14(17)12-5-3-2-4-6-12;/h2-9,14,20H,10-11H2,1H3;1H/t14-,17-;/m1./s1. The number of hydrogen-bond donors (Lipinski definition) is 1. The third-order valence-electron chi connectivity index (χ3n) is 4.26. The predicted molar refractivity (Wildman–Crippen MR) is 93.1 cm³/mol. The maximum absolute atomic E-state index is 6.19. The van der Waals surface area contributed by atoms with Gasteiger partial charge in [-0.15, -0.1) is 12.4 Å². The topological polar surface area (TPSA) is 12.0 Å². The number of benzene rings is 2. The van der Waals surface area contributed by atoms with Crippen LogP contribution >= 0.6 is 35.6 Å². The largest absolute Gasteiger partial charge is 0.319 e. The van der Waals surface area contributed by atoms with Gasteiger partial charge in [0.1, 0.15) is 0 Å². The minimum atomic E-state index is 0. The molecule has 4 heteroatoms. The van der Waals surface area contributed by atoms with Crippen LogP contribution in [0.2, 0.25) is 10.0 Å². The van der Waals surface area contributed by atoms with Gasteiger partial charge in [-0.3, -0.25) is 0 Å². The van der Waals surface area contributed by atoms with Gasteiger partial charge in [0.05, 0.1) is 10.0 Å². The summed E-state index contributed by atoms with van der Waals surface area (Å²) in [6.45, 7) is 0.949. The van der Waals surface area contributed by atoms with Crippen molar-refractivity contribution in [3.63, 3.8) is 0 Å². The Morgan fingerprint density at radius 1 is 1.10 bits per heavy atom. The molecule has 21 heavy (non-hydrogen) atoms. The Kier molecular flexibility index (Phi) is 5.21. The van der Waals surface area contributed by atoms with Crippen LogP contribution in [0, 0.1) is 0 Å². The molecule has 2 atom stereocenters. The third-order valence-corrected chi connectivity index (χ3v) is 5.00. The highest BCUT2D eigenvalue weighted by Gasteiger charge is 2.55. The van der Waals surface area contributed by atoms with Crippen molar-refractivity contribution < 1.29 is 0 Å². The Morgan fingerprint density at radius 3 is 2.43 bits per heavy atom. The Balaban J connectivity index is 0.00000161. The molecule has 1 N–H and O–H groups in total. The SMILES string of the molecule is CNC[C@@]1(c2ccc(Cl)c(Cl)c2)C[C@@H]1c1ccccc1.Cl. The first-order valence-corrected chi connectivity index (χ1v) is 7.58. The maximum atomic E-state index is 6.19. The molecule has 0 amide bonds. The molecule has 0 spiro atoms. The second-order valence-corrected chi connectivity index (χ2v) is 6.30. The molecule has 0 heterocycles. The minimum absolute atomic E-state index is 0. The van der Waals surface area contributed by atoms with Gasteiger partial charge in [-0.25, -0.2) is 0 Å². The summed E-state index contributed by atoms with van der Waals surface area (Å²) < 4.78 is 0. The van der Waals surface area contributed by atoms with Crippen molar-refractivity contribution in [3.05, 3.63) is 69.7 Å². The number of likely N-dealkylation sites (N-methyl/N-ethyl adjacent to an activating group) is 1. The lowest BCUT2D eigenvalue weighted by Crippen LogP contribution is -2.25. The van der Waals surface area contributed by atoms with Crippen molar-refractivity contribution in [2.45, 2.75) is 17.8 Å². The van der Waals surface area contributed by atoms with E-state index in [-0.39, 0.29) is 17.8 Å². The van der Waals surface area contributed by atoms with Crippen LogP contribution in [0.3, 0.4) is 0 Å². The summed E-state index contributed by atoms with van der Waals surface area (Å²) in [4.78, 5) is 0. The first kappa shape index (κ1) is 16.6. The van der Waals surface area contributed by atoms with E-state index < -0.39 is 0 Å².